The van der Waals surface area contributed by atoms with Crippen LogP contribution >= 0.6 is 0 Å². The summed E-state index contributed by atoms with van der Waals surface area (Å²) in [7, 11) is 0. The van der Waals surface area contributed by atoms with E-state index in [0.717, 1.165) is 30.3 Å². The molecule has 0 spiro atoms. The molecule has 0 fully saturated rings. The monoisotopic (exact) mass is 402 g/mol. The van der Waals surface area contributed by atoms with Gasteiger partial charge in [-0.05, 0) is 37.3 Å². The van der Waals surface area contributed by atoms with Crippen molar-refractivity contribution in [2.75, 3.05) is 11.9 Å². The second kappa shape index (κ2) is 8.24. The molecule has 0 radical (unpaired) electrons. The van der Waals surface area contributed by atoms with Crippen LogP contribution in [-0.4, -0.2) is 30.3 Å². The summed E-state index contributed by atoms with van der Waals surface area (Å²) in [6.45, 7) is 0.830. The van der Waals surface area contributed by atoms with Gasteiger partial charge in [0.25, 0.3) is 5.91 Å². The Labute approximate surface area is 156 Å². The molecule has 150 valence electrons. The molecule has 0 aliphatic heterocycles. The number of hydrogen-bond donors (Lipinski definition) is 2. The predicted molar refractivity (Wildman–Crippen MR) is 89.3 cm³/mol. The molecule has 28 heavy (non-hydrogen) atoms. The van der Waals surface area contributed by atoms with Crippen LogP contribution in [0.4, 0.5) is 27.6 Å². The van der Waals surface area contributed by atoms with Crippen LogP contribution in [0.25, 0.3) is 0 Å². The van der Waals surface area contributed by atoms with Crippen LogP contribution in [0.2, 0.25) is 0 Å². The maximum atomic E-state index is 13.9. The first-order valence-electron chi connectivity index (χ1n) is 7.95. The van der Waals surface area contributed by atoms with Crippen LogP contribution in [0.5, 0.6) is 0 Å². The number of hydrogen-bond acceptors (Lipinski definition) is 4. The fourth-order valence-corrected chi connectivity index (χ4v) is 2.30. The second-order valence-electron chi connectivity index (χ2n) is 5.54. The molecule has 0 heterocycles. The van der Waals surface area contributed by atoms with E-state index in [-0.39, 0.29) is 0 Å². The Hall–Kier alpha value is -3.17. The van der Waals surface area contributed by atoms with E-state index in [1.54, 1.807) is 5.32 Å². The van der Waals surface area contributed by atoms with Gasteiger partial charge in [0.15, 0.2) is 0 Å². The molecule has 2 rings (SSSR count). The predicted octanol–water partition coefficient (Wildman–Crippen LogP) is 3.63. The van der Waals surface area contributed by atoms with Crippen LogP contribution in [0, 0.1) is 11.6 Å². The topological polar surface area (TPSA) is 67.4 Å². The van der Waals surface area contributed by atoms with Crippen molar-refractivity contribution in [2.45, 2.75) is 18.8 Å². The Bertz CT molecular complexity index is 872. The van der Waals surface area contributed by atoms with Crippen molar-refractivity contribution in [2.24, 2.45) is 0 Å². The standard InChI is InChI=1S/C18H15F5N2O3/c1-2-28-16(27)17(18(21,22)23,24-12-7-5-6-11(19)10-12)25-15(26)13-8-3-4-9-14(13)20/h3-10,24H,2H2,1H3,(H,25,26). The molecule has 0 saturated carbocycles. The van der Waals surface area contributed by atoms with Gasteiger partial charge in [-0.15, -0.1) is 0 Å². The molecule has 1 amide bonds. The Morgan fingerprint density at radius 2 is 1.71 bits per heavy atom. The van der Waals surface area contributed by atoms with Gasteiger partial charge in [-0.1, -0.05) is 18.2 Å². The lowest BCUT2D eigenvalue weighted by Gasteiger charge is -2.35. The zero-order valence-corrected chi connectivity index (χ0v) is 14.4. The van der Waals surface area contributed by atoms with E-state index in [1.165, 1.54) is 24.4 Å². The second-order valence-corrected chi connectivity index (χ2v) is 5.54. The average Bonchev–Trinajstić information content (AvgIpc) is 2.60. The van der Waals surface area contributed by atoms with Crippen molar-refractivity contribution in [3.05, 3.63) is 65.7 Å². The van der Waals surface area contributed by atoms with Gasteiger partial charge in [-0.3, -0.25) is 4.79 Å². The Morgan fingerprint density at radius 1 is 1.04 bits per heavy atom. The largest absolute Gasteiger partial charge is 0.463 e. The van der Waals surface area contributed by atoms with E-state index >= 15 is 0 Å². The summed E-state index contributed by atoms with van der Waals surface area (Å²) < 4.78 is 73.5. The molecule has 1 atom stereocenters. The Morgan fingerprint density at radius 3 is 2.29 bits per heavy atom. The fraction of sp³-hybridized carbons (Fsp3) is 0.222. The third-order valence-corrected chi connectivity index (χ3v) is 3.58. The highest BCUT2D eigenvalue weighted by atomic mass is 19.4. The van der Waals surface area contributed by atoms with Gasteiger partial charge >= 0.3 is 17.8 Å². The lowest BCUT2D eigenvalue weighted by Crippen LogP contribution is -2.69. The zero-order valence-electron chi connectivity index (χ0n) is 14.4. The van der Waals surface area contributed by atoms with Crippen molar-refractivity contribution >= 4 is 17.6 Å². The Balaban J connectivity index is 2.54. The molecular formula is C18H15F5N2O3. The van der Waals surface area contributed by atoms with E-state index in [2.05, 4.69) is 4.74 Å². The highest BCUT2D eigenvalue weighted by Crippen LogP contribution is 2.33. The number of carbonyl (C=O) groups is 2. The van der Waals surface area contributed by atoms with E-state index in [9.17, 15) is 31.5 Å². The van der Waals surface area contributed by atoms with Gasteiger partial charge < -0.3 is 15.4 Å². The first kappa shape index (κ1) is 21.1. The number of halogens is 5. The van der Waals surface area contributed by atoms with Gasteiger partial charge in [0.2, 0.25) is 0 Å². The third-order valence-electron chi connectivity index (χ3n) is 3.58. The van der Waals surface area contributed by atoms with Crippen LogP contribution < -0.4 is 10.6 Å². The number of benzene rings is 2. The van der Waals surface area contributed by atoms with Gasteiger partial charge in [0, 0.05) is 5.69 Å². The van der Waals surface area contributed by atoms with Crippen LogP contribution in [0.15, 0.2) is 48.5 Å². The molecule has 0 saturated heterocycles. The lowest BCUT2D eigenvalue weighted by molar-refractivity contribution is -0.204. The molecule has 0 aromatic heterocycles. The van der Waals surface area contributed by atoms with Crippen LogP contribution in [-0.2, 0) is 9.53 Å². The minimum atomic E-state index is -5.42. The molecule has 1 unspecified atom stereocenters. The lowest BCUT2D eigenvalue weighted by atomic mass is 10.1. The molecule has 10 heteroatoms. The number of nitrogens with one attached hydrogen (secondary N) is 2. The van der Waals surface area contributed by atoms with Crippen molar-refractivity contribution in [3.63, 3.8) is 0 Å². The maximum absolute atomic E-state index is 13.9. The highest BCUT2D eigenvalue weighted by Gasteiger charge is 2.63. The summed E-state index contributed by atoms with van der Waals surface area (Å²) >= 11 is 0. The number of carbonyl (C=O) groups excluding carboxylic acids is 2. The average molecular weight is 402 g/mol. The normalized spacial score (nSPS) is 13.4. The van der Waals surface area contributed by atoms with Crippen LogP contribution in [0.3, 0.4) is 0 Å². The number of alkyl halides is 3. The van der Waals surface area contributed by atoms with Gasteiger partial charge in [0.05, 0.1) is 12.2 Å². The summed E-state index contributed by atoms with van der Waals surface area (Å²) in [5.74, 6) is -5.39. The molecule has 5 nitrogen and oxygen atoms in total. The SMILES string of the molecule is CCOC(=O)C(NC(=O)c1ccccc1F)(Nc1cccc(F)c1)C(F)(F)F. The van der Waals surface area contributed by atoms with Crippen molar-refractivity contribution in [1.82, 2.24) is 5.32 Å². The molecule has 0 aliphatic rings. The van der Waals surface area contributed by atoms with Gasteiger partial charge in [0.1, 0.15) is 11.6 Å². The summed E-state index contributed by atoms with van der Waals surface area (Å²) in [5, 5.41) is 3.25. The van der Waals surface area contributed by atoms with E-state index in [4.69, 9.17) is 0 Å². The smallest absolute Gasteiger partial charge is 0.441 e. The van der Waals surface area contributed by atoms with E-state index in [0.29, 0.717) is 6.07 Å². The first-order chi connectivity index (χ1) is 13.1. The number of amides is 1. The van der Waals surface area contributed by atoms with E-state index in [1.807, 2.05) is 0 Å². The van der Waals surface area contributed by atoms with Crippen LogP contribution in [0.1, 0.15) is 17.3 Å². The fourth-order valence-electron chi connectivity index (χ4n) is 2.30. The maximum Gasteiger partial charge on any atom is 0.441 e. The summed E-state index contributed by atoms with van der Waals surface area (Å²) in [6, 6.07) is 8.10. The number of rotatable bonds is 6. The number of ether oxygens (including phenoxy) is 1. The quantitative estimate of drug-likeness (QED) is 0.440. The van der Waals surface area contributed by atoms with Gasteiger partial charge in [-0.2, -0.15) is 13.2 Å². The molecular weight excluding hydrogens is 387 g/mol. The Kier molecular flexibility index (Phi) is 6.22. The molecule has 2 aromatic rings. The summed E-state index contributed by atoms with van der Waals surface area (Å²) in [5.41, 5.74) is -4.96. The van der Waals surface area contributed by atoms with Gasteiger partial charge in [-0.25, -0.2) is 13.6 Å². The number of esters is 1. The first-order valence-corrected chi connectivity index (χ1v) is 7.95. The minimum Gasteiger partial charge on any atom is -0.463 e. The number of anilines is 1. The summed E-state index contributed by atoms with van der Waals surface area (Å²) in [4.78, 5) is 24.6. The van der Waals surface area contributed by atoms with Crippen molar-refractivity contribution < 1.29 is 36.3 Å². The van der Waals surface area contributed by atoms with E-state index < -0.39 is 53.2 Å². The molecule has 2 N–H and O–H groups in total. The van der Waals surface area contributed by atoms with Crippen molar-refractivity contribution in [1.29, 1.82) is 0 Å². The third kappa shape index (κ3) is 4.38. The molecule has 0 bridgehead atoms. The molecule has 2 aromatic carbocycles. The molecule has 0 aliphatic carbocycles. The highest BCUT2D eigenvalue weighted by molar-refractivity contribution is 5.99. The van der Waals surface area contributed by atoms with Crippen molar-refractivity contribution in [3.8, 4) is 0 Å². The zero-order chi connectivity index (χ0) is 20.9. The minimum absolute atomic E-state index is 0.433. The summed E-state index contributed by atoms with van der Waals surface area (Å²) in [6.07, 6.45) is -5.42.